The largest absolute Gasteiger partial charge is 0.463 e. The maximum Gasteiger partial charge on any atom is 0.463 e. The molecule has 0 aromatic carbocycles. The molecule has 0 radical (unpaired) electrons. The summed E-state index contributed by atoms with van der Waals surface area (Å²) in [4.78, 5) is 10.5. The molecule has 4 nitrogen and oxygen atoms in total. The van der Waals surface area contributed by atoms with Crippen molar-refractivity contribution in [1.29, 1.82) is 0 Å². The summed E-state index contributed by atoms with van der Waals surface area (Å²) in [5.41, 5.74) is -0.385. The molecule has 1 rings (SSSR count). The van der Waals surface area contributed by atoms with Crippen LogP contribution in [0.4, 0.5) is 27.6 Å². The van der Waals surface area contributed by atoms with Crippen LogP contribution >= 0.6 is 0 Å². The van der Waals surface area contributed by atoms with Gasteiger partial charge in [-0.05, 0) is 0 Å². The van der Waals surface area contributed by atoms with Gasteiger partial charge in [0.15, 0.2) is 0 Å². The van der Waals surface area contributed by atoms with Gasteiger partial charge < -0.3 is 9.84 Å². The Labute approximate surface area is 79.0 Å². The molecule has 0 fully saturated rings. The topological polar surface area (TPSA) is 55.1 Å². The molecule has 1 aromatic rings. The first-order valence-corrected chi connectivity index (χ1v) is 3.40. The lowest BCUT2D eigenvalue weighted by molar-refractivity contribution is -0.267. The molecular weight excluding hydrogens is 227 g/mol. The zero-order valence-electron chi connectivity index (χ0n) is 6.81. The molecule has 9 heteroatoms. The minimum absolute atomic E-state index is 0.385. The van der Waals surface area contributed by atoms with E-state index in [-0.39, 0.29) is 5.69 Å². The Morgan fingerprint density at radius 3 is 2.33 bits per heavy atom. The van der Waals surface area contributed by atoms with E-state index in [2.05, 4.69) is 9.68 Å². The number of rotatable bonds is 2. The normalized spacial score (nSPS) is 12.6. The smallest absolute Gasteiger partial charge is 0.363 e. The average molecular weight is 230 g/mol. The Morgan fingerprint density at radius 2 is 1.93 bits per heavy atom. The Kier molecular flexibility index (Phi) is 2.65. The van der Waals surface area contributed by atoms with E-state index >= 15 is 0 Å². The minimum atomic E-state index is -5.94. The second kappa shape index (κ2) is 3.48. The van der Waals surface area contributed by atoms with Gasteiger partial charge in [-0.1, -0.05) is 5.16 Å². The van der Waals surface area contributed by atoms with E-state index < -0.39 is 18.0 Å². The molecule has 0 saturated carbocycles. The van der Waals surface area contributed by atoms with Gasteiger partial charge in [0.05, 0.1) is 6.20 Å². The Hall–Kier alpha value is -1.67. The van der Waals surface area contributed by atoms with Gasteiger partial charge in [-0.2, -0.15) is 22.0 Å². The highest BCUT2D eigenvalue weighted by Gasteiger charge is 2.63. The van der Waals surface area contributed by atoms with Crippen LogP contribution in [-0.4, -0.2) is 23.2 Å². The molecule has 15 heavy (non-hydrogen) atoms. The maximum absolute atomic E-state index is 12.3. The first-order chi connectivity index (χ1) is 6.75. The third kappa shape index (κ3) is 2.22. The summed E-state index contributed by atoms with van der Waals surface area (Å²) in [5.74, 6) is -7.94. The van der Waals surface area contributed by atoms with Crippen LogP contribution in [0, 0.1) is 0 Å². The van der Waals surface area contributed by atoms with Crippen molar-refractivity contribution in [1.82, 2.24) is 5.16 Å². The number of carbonyl (C=O) groups is 1. The molecule has 84 valence electrons. The van der Waals surface area contributed by atoms with Gasteiger partial charge in [-0.3, -0.25) is 4.79 Å². The molecule has 0 aliphatic rings. The molecule has 0 spiro atoms. The summed E-state index contributed by atoms with van der Waals surface area (Å²) < 4.78 is 63.8. The second-order valence-electron chi connectivity index (χ2n) is 2.44. The van der Waals surface area contributed by atoms with Gasteiger partial charge in [0, 0.05) is 0 Å². The predicted octanol–water partition coefficient (Wildman–Crippen LogP) is 1.81. The molecule has 0 aliphatic carbocycles. The summed E-state index contributed by atoms with van der Waals surface area (Å²) in [5, 5.41) is 4.31. The predicted molar refractivity (Wildman–Crippen MR) is 36.1 cm³/mol. The number of hydrogen-bond acceptors (Lipinski definition) is 3. The highest BCUT2D eigenvalue weighted by atomic mass is 19.4. The summed E-state index contributed by atoms with van der Waals surface area (Å²) >= 11 is 0. The number of nitrogens with zero attached hydrogens (tertiary/aromatic N) is 1. The Bertz CT molecular complexity index is 345. The van der Waals surface area contributed by atoms with Crippen LogP contribution in [0.25, 0.3) is 0 Å². The molecule has 0 unspecified atom stereocenters. The number of aromatic nitrogens is 1. The van der Waals surface area contributed by atoms with Crippen molar-refractivity contribution in [2.45, 2.75) is 12.1 Å². The van der Waals surface area contributed by atoms with Gasteiger partial charge in [-0.15, -0.1) is 0 Å². The van der Waals surface area contributed by atoms with Crippen molar-refractivity contribution < 1.29 is 31.3 Å². The third-order valence-electron chi connectivity index (χ3n) is 1.33. The van der Waals surface area contributed by atoms with Crippen molar-refractivity contribution in [2.75, 3.05) is 5.32 Å². The van der Waals surface area contributed by atoms with Crippen LogP contribution in [0.15, 0.2) is 17.0 Å². The molecule has 0 atom stereocenters. The lowest BCUT2D eigenvalue weighted by Crippen LogP contribution is -2.47. The van der Waals surface area contributed by atoms with E-state index in [1.54, 1.807) is 0 Å². The SMILES string of the molecule is O=C(Nc1cnoc1)C(F)(F)C(F)(F)F. The van der Waals surface area contributed by atoms with Crippen molar-refractivity contribution in [2.24, 2.45) is 0 Å². The number of hydrogen-bond donors (Lipinski definition) is 1. The van der Waals surface area contributed by atoms with Crippen LogP contribution < -0.4 is 5.32 Å². The number of amides is 1. The van der Waals surface area contributed by atoms with E-state index in [4.69, 9.17) is 0 Å². The molecular formula is C6H3F5N2O2. The zero-order chi connectivity index (χ0) is 11.7. The molecule has 1 amide bonds. The maximum atomic E-state index is 12.3. The van der Waals surface area contributed by atoms with Crippen molar-refractivity contribution in [3.05, 3.63) is 12.5 Å². The summed E-state index contributed by atoms with van der Waals surface area (Å²) in [7, 11) is 0. The van der Waals surface area contributed by atoms with Gasteiger partial charge in [0.2, 0.25) is 0 Å². The highest BCUT2D eigenvalue weighted by molar-refractivity contribution is 5.96. The fourth-order valence-electron chi connectivity index (χ4n) is 0.605. The van der Waals surface area contributed by atoms with Crippen molar-refractivity contribution in [3.8, 4) is 0 Å². The fourth-order valence-corrected chi connectivity index (χ4v) is 0.605. The molecule has 1 N–H and O–H groups in total. The molecule has 1 heterocycles. The summed E-state index contributed by atoms with van der Waals surface area (Å²) in [6.07, 6.45) is -4.44. The van der Waals surface area contributed by atoms with Crippen LogP contribution in [0.5, 0.6) is 0 Å². The highest BCUT2D eigenvalue weighted by Crippen LogP contribution is 2.36. The summed E-state index contributed by atoms with van der Waals surface area (Å²) in [6, 6.07) is 0. The van der Waals surface area contributed by atoms with Gasteiger partial charge >= 0.3 is 18.0 Å². The van der Waals surface area contributed by atoms with E-state index in [1.165, 1.54) is 5.32 Å². The van der Waals surface area contributed by atoms with Crippen LogP contribution in [0.3, 0.4) is 0 Å². The van der Waals surface area contributed by atoms with Crippen molar-refractivity contribution in [3.63, 3.8) is 0 Å². The van der Waals surface area contributed by atoms with Gasteiger partial charge in [0.25, 0.3) is 0 Å². The minimum Gasteiger partial charge on any atom is -0.363 e. The number of halogens is 5. The van der Waals surface area contributed by atoms with E-state index in [0.717, 1.165) is 6.20 Å². The molecule has 0 aliphatic heterocycles. The first kappa shape index (κ1) is 11.4. The number of carbonyl (C=O) groups excluding carboxylic acids is 1. The quantitative estimate of drug-likeness (QED) is 0.788. The lowest BCUT2D eigenvalue weighted by Gasteiger charge is -2.17. The molecule has 0 saturated heterocycles. The van der Waals surface area contributed by atoms with Gasteiger partial charge in [-0.25, -0.2) is 0 Å². The van der Waals surface area contributed by atoms with Gasteiger partial charge in [0.1, 0.15) is 12.0 Å². The standard InChI is InChI=1S/C6H3F5N2O2/c7-5(8,6(9,10)11)4(14)13-3-1-12-15-2-3/h1-2H,(H,13,14). The first-order valence-electron chi connectivity index (χ1n) is 3.40. The van der Waals surface area contributed by atoms with E-state index in [9.17, 15) is 26.7 Å². The monoisotopic (exact) mass is 230 g/mol. The molecule has 1 aromatic heterocycles. The zero-order valence-corrected chi connectivity index (χ0v) is 6.81. The van der Waals surface area contributed by atoms with Crippen LogP contribution in [-0.2, 0) is 4.79 Å². The van der Waals surface area contributed by atoms with E-state index in [1.807, 2.05) is 0 Å². The lowest BCUT2D eigenvalue weighted by atomic mass is 10.3. The van der Waals surface area contributed by atoms with E-state index in [0.29, 0.717) is 6.26 Å². The molecule has 0 bridgehead atoms. The number of nitrogens with one attached hydrogen (secondary N) is 1. The summed E-state index contributed by atoms with van der Waals surface area (Å²) in [6.45, 7) is 0. The number of alkyl halides is 5. The van der Waals surface area contributed by atoms with Crippen LogP contribution in [0.1, 0.15) is 0 Å². The van der Waals surface area contributed by atoms with Crippen LogP contribution in [0.2, 0.25) is 0 Å². The Morgan fingerprint density at radius 1 is 1.33 bits per heavy atom. The fraction of sp³-hybridized carbons (Fsp3) is 0.333. The average Bonchev–Trinajstić information content (AvgIpc) is 2.54. The van der Waals surface area contributed by atoms with Crippen molar-refractivity contribution >= 4 is 11.6 Å². The second-order valence-corrected chi connectivity index (χ2v) is 2.44. The number of anilines is 1. The Balaban J connectivity index is 2.77. The third-order valence-corrected chi connectivity index (χ3v) is 1.33.